The zero-order valence-electron chi connectivity index (χ0n) is 13.9. The smallest absolute Gasteiger partial charge is 0.260 e. The van der Waals surface area contributed by atoms with Gasteiger partial charge in [0.1, 0.15) is 11.6 Å². The second-order valence-corrected chi connectivity index (χ2v) is 7.19. The summed E-state index contributed by atoms with van der Waals surface area (Å²) in [5.41, 5.74) is 0. The molecule has 2 heterocycles. The summed E-state index contributed by atoms with van der Waals surface area (Å²) in [6.07, 6.45) is 4.22. The van der Waals surface area contributed by atoms with E-state index in [1.807, 2.05) is 4.90 Å². The number of nitrogens with one attached hydrogen (secondary N) is 1. The van der Waals surface area contributed by atoms with Crippen molar-refractivity contribution in [3.05, 3.63) is 40.9 Å². The van der Waals surface area contributed by atoms with Crippen LogP contribution in [0.15, 0.2) is 24.3 Å². The molecule has 1 saturated carbocycles. The van der Waals surface area contributed by atoms with Crippen LogP contribution in [-0.4, -0.2) is 45.7 Å². The first-order chi connectivity index (χ1) is 12.2. The van der Waals surface area contributed by atoms with Gasteiger partial charge in [0.05, 0.1) is 0 Å². The van der Waals surface area contributed by atoms with E-state index >= 15 is 0 Å². The fourth-order valence-electron chi connectivity index (χ4n) is 3.19. The molecule has 25 heavy (non-hydrogen) atoms. The standard InChI is InChI=1S/C18H21ClN4O2/c19-14-2-1-3-15(10-14)25-11-16(24)23-8-6-13(7-9-23)18-20-17(21-22-18)12-4-5-12/h1-3,10,12-13H,4-9,11H2,(H,20,21,22). The number of likely N-dealkylation sites (tertiary alicyclic amines) is 1. The Balaban J connectivity index is 1.26. The summed E-state index contributed by atoms with van der Waals surface area (Å²) >= 11 is 5.92. The topological polar surface area (TPSA) is 71.1 Å². The molecule has 1 N–H and O–H groups in total. The third-order valence-electron chi connectivity index (χ3n) is 4.86. The fraction of sp³-hybridized carbons (Fsp3) is 0.500. The molecule has 1 amide bonds. The highest BCUT2D eigenvalue weighted by atomic mass is 35.5. The van der Waals surface area contributed by atoms with Gasteiger partial charge < -0.3 is 9.64 Å². The number of rotatable bonds is 5. The summed E-state index contributed by atoms with van der Waals surface area (Å²) in [5.74, 6) is 3.49. The number of hydrogen-bond donors (Lipinski definition) is 1. The molecule has 2 aromatic rings. The zero-order chi connectivity index (χ0) is 17.2. The van der Waals surface area contributed by atoms with Gasteiger partial charge in [-0.2, -0.15) is 5.10 Å². The second-order valence-electron chi connectivity index (χ2n) is 6.75. The third-order valence-corrected chi connectivity index (χ3v) is 5.09. The van der Waals surface area contributed by atoms with Gasteiger partial charge in [-0.25, -0.2) is 4.98 Å². The first-order valence-corrected chi connectivity index (χ1v) is 9.15. The van der Waals surface area contributed by atoms with E-state index in [1.54, 1.807) is 24.3 Å². The molecule has 2 fully saturated rings. The summed E-state index contributed by atoms with van der Waals surface area (Å²) in [5, 5.41) is 8.02. The quantitative estimate of drug-likeness (QED) is 0.889. The Morgan fingerprint density at radius 3 is 2.76 bits per heavy atom. The summed E-state index contributed by atoms with van der Waals surface area (Å²) in [4.78, 5) is 18.8. The first kappa shape index (κ1) is 16.4. The number of benzene rings is 1. The van der Waals surface area contributed by atoms with Crippen LogP contribution >= 0.6 is 11.6 Å². The molecule has 7 heteroatoms. The van der Waals surface area contributed by atoms with E-state index in [0.717, 1.165) is 37.6 Å². The molecule has 0 radical (unpaired) electrons. The van der Waals surface area contributed by atoms with E-state index in [4.69, 9.17) is 16.3 Å². The Hall–Kier alpha value is -2.08. The number of aromatic nitrogens is 3. The predicted octanol–water partition coefficient (Wildman–Crippen LogP) is 3.12. The molecule has 1 aromatic heterocycles. The minimum atomic E-state index is 0.00895. The summed E-state index contributed by atoms with van der Waals surface area (Å²) < 4.78 is 5.55. The number of ether oxygens (including phenoxy) is 1. The summed E-state index contributed by atoms with van der Waals surface area (Å²) in [6, 6.07) is 7.09. The lowest BCUT2D eigenvalue weighted by Gasteiger charge is -2.30. The fourth-order valence-corrected chi connectivity index (χ4v) is 3.37. The monoisotopic (exact) mass is 360 g/mol. The molecule has 1 saturated heterocycles. The van der Waals surface area contributed by atoms with Crippen LogP contribution in [0, 0.1) is 0 Å². The van der Waals surface area contributed by atoms with Gasteiger partial charge in [-0.05, 0) is 43.9 Å². The SMILES string of the molecule is O=C(COc1cccc(Cl)c1)N1CCC(c2nc(C3CC3)n[nH]2)CC1. The normalized spacial score (nSPS) is 18.4. The van der Waals surface area contributed by atoms with Gasteiger partial charge in [0, 0.05) is 29.9 Å². The molecule has 4 rings (SSSR count). The van der Waals surface area contributed by atoms with Gasteiger partial charge in [-0.1, -0.05) is 17.7 Å². The van der Waals surface area contributed by atoms with Crippen LogP contribution in [0.2, 0.25) is 5.02 Å². The van der Waals surface area contributed by atoms with E-state index in [-0.39, 0.29) is 12.5 Å². The zero-order valence-corrected chi connectivity index (χ0v) is 14.7. The lowest BCUT2D eigenvalue weighted by atomic mass is 9.96. The number of carbonyl (C=O) groups is 1. The maximum Gasteiger partial charge on any atom is 0.260 e. The van der Waals surface area contributed by atoms with Crippen molar-refractivity contribution in [2.45, 2.75) is 37.5 Å². The van der Waals surface area contributed by atoms with Crippen LogP contribution in [0.4, 0.5) is 0 Å². The van der Waals surface area contributed by atoms with Crippen molar-refractivity contribution >= 4 is 17.5 Å². The average Bonchev–Trinajstić information content (AvgIpc) is 3.37. The van der Waals surface area contributed by atoms with E-state index in [9.17, 15) is 4.79 Å². The third kappa shape index (κ3) is 3.95. The van der Waals surface area contributed by atoms with Crippen molar-refractivity contribution in [1.82, 2.24) is 20.1 Å². The lowest BCUT2D eigenvalue weighted by molar-refractivity contribution is -0.134. The largest absolute Gasteiger partial charge is 0.484 e. The van der Waals surface area contributed by atoms with Gasteiger partial charge in [-0.3, -0.25) is 9.89 Å². The summed E-state index contributed by atoms with van der Waals surface area (Å²) in [7, 11) is 0. The molecule has 6 nitrogen and oxygen atoms in total. The molecule has 0 spiro atoms. The number of carbonyl (C=O) groups excluding carboxylic acids is 1. The molecule has 1 aliphatic carbocycles. The number of nitrogens with zero attached hydrogens (tertiary/aromatic N) is 3. The number of hydrogen-bond acceptors (Lipinski definition) is 4. The van der Waals surface area contributed by atoms with E-state index in [2.05, 4.69) is 15.2 Å². The highest BCUT2D eigenvalue weighted by Gasteiger charge is 2.30. The maximum atomic E-state index is 12.3. The number of amides is 1. The predicted molar refractivity (Wildman–Crippen MR) is 93.9 cm³/mol. The number of halogens is 1. The molecule has 2 aliphatic rings. The van der Waals surface area contributed by atoms with E-state index in [1.165, 1.54) is 12.8 Å². The van der Waals surface area contributed by atoms with Crippen LogP contribution in [0.1, 0.15) is 49.2 Å². The van der Waals surface area contributed by atoms with Crippen LogP contribution in [0.3, 0.4) is 0 Å². The van der Waals surface area contributed by atoms with Gasteiger partial charge in [-0.15, -0.1) is 0 Å². The van der Waals surface area contributed by atoms with Crippen LogP contribution in [-0.2, 0) is 4.79 Å². The average molecular weight is 361 g/mol. The number of piperidine rings is 1. The van der Waals surface area contributed by atoms with Crippen molar-refractivity contribution in [3.8, 4) is 5.75 Å². The minimum Gasteiger partial charge on any atom is -0.484 e. The second kappa shape index (κ2) is 7.04. The van der Waals surface area contributed by atoms with Crippen LogP contribution < -0.4 is 4.74 Å². The van der Waals surface area contributed by atoms with Gasteiger partial charge in [0.2, 0.25) is 0 Å². The van der Waals surface area contributed by atoms with Gasteiger partial charge in [0.25, 0.3) is 5.91 Å². The molecular formula is C18H21ClN4O2. The van der Waals surface area contributed by atoms with Gasteiger partial charge >= 0.3 is 0 Å². The Kier molecular flexibility index (Phi) is 4.61. The molecule has 1 aromatic carbocycles. The van der Waals surface area contributed by atoms with Crippen LogP contribution in [0.25, 0.3) is 0 Å². The highest BCUT2D eigenvalue weighted by molar-refractivity contribution is 6.30. The van der Waals surface area contributed by atoms with Crippen molar-refractivity contribution in [1.29, 1.82) is 0 Å². The Morgan fingerprint density at radius 1 is 1.24 bits per heavy atom. The maximum absolute atomic E-state index is 12.3. The summed E-state index contributed by atoms with van der Waals surface area (Å²) in [6.45, 7) is 1.49. The molecule has 132 valence electrons. The number of H-pyrrole nitrogens is 1. The van der Waals surface area contributed by atoms with E-state index < -0.39 is 0 Å². The number of aromatic amines is 1. The molecular weight excluding hydrogens is 340 g/mol. The molecule has 1 aliphatic heterocycles. The molecule has 0 bridgehead atoms. The Bertz CT molecular complexity index is 751. The van der Waals surface area contributed by atoms with E-state index in [0.29, 0.717) is 22.6 Å². The van der Waals surface area contributed by atoms with Crippen LogP contribution in [0.5, 0.6) is 5.75 Å². The van der Waals surface area contributed by atoms with Gasteiger partial charge in [0.15, 0.2) is 12.4 Å². The van der Waals surface area contributed by atoms with Crippen molar-refractivity contribution in [2.24, 2.45) is 0 Å². The van der Waals surface area contributed by atoms with Crippen molar-refractivity contribution < 1.29 is 9.53 Å². The molecule has 0 unspecified atom stereocenters. The lowest BCUT2D eigenvalue weighted by Crippen LogP contribution is -2.40. The minimum absolute atomic E-state index is 0.00895. The van der Waals surface area contributed by atoms with Crippen molar-refractivity contribution in [3.63, 3.8) is 0 Å². The first-order valence-electron chi connectivity index (χ1n) is 8.77. The molecule has 0 atom stereocenters. The van der Waals surface area contributed by atoms with Crippen molar-refractivity contribution in [2.75, 3.05) is 19.7 Å². The Morgan fingerprint density at radius 2 is 2.04 bits per heavy atom. The Labute approximate surface area is 151 Å². The highest BCUT2D eigenvalue weighted by Crippen LogP contribution is 2.38.